The third-order valence-electron chi connectivity index (χ3n) is 4.30. The van der Waals surface area contributed by atoms with E-state index < -0.39 is 0 Å². The fourth-order valence-corrected chi connectivity index (χ4v) is 2.78. The maximum Gasteiger partial charge on any atom is -0.00174 e. The van der Waals surface area contributed by atoms with Crippen molar-refractivity contribution in [3.63, 3.8) is 0 Å². The van der Waals surface area contributed by atoms with E-state index in [0.717, 1.165) is 51.1 Å². The van der Waals surface area contributed by atoms with Crippen molar-refractivity contribution in [1.82, 2.24) is 21.3 Å². The summed E-state index contributed by atoms with van der Waals surface area (Å²) in [6.07, 6.45) is 5.33. The molecule has 4 N–H and O–H groups in total. The van der Waals surface area contributed by atoms with Gasteiger partial charge in [-0.2, -0.15) is 0 Å². The van der Waals surface area contributed by atoms with Gasteiger partial charge in [0.2, 0.25) is 0 Å². The van der Waals surface area contributed by atoms with Crippen LogP contribution >= 0.6 is 0 Å². The number of nitrogens with one attached hydrogen (secondary N) is 4. The molecule has 4 heteroatoms. The Hall–Kier alpha value is -0.160. The molecule has 0 bridgehead atoms. The van der Waals surface area contributed by atoms with E-state index in [-0.39, 0.29) is 0 Å². The first-order chi connectivity index (χ1) is 9.88. The van der Waals surface area contributed by atoms with Gasteiger partial charge in [0.1, 0.15) is 0 Å². The summed E-state index contributed by atoms with van der Waals surface area (Å²) < 4.78 is 0. The molecule has 0 unspecified atom stereocenters. The Morgan fingerprint density at radius 2 is 1.05 bits per heavy atom. The minimum atomic E-state index is 0.912. The Morgan fingerprint density at radius 3 is 1.40 bits per heavy atom. The van der Waals surface area contributed by atoms with Gasteiger partial charge < -0.3 is 21.3 Å². The highest BCUT2D eigenvalue weighted by atomic mass is 14.9. The lowest BCUT2D eigenvalue weighted by molar-refractivity contribution is 0.167. The predicted molar refractivity (Wildman–Crippen MR) is 88.3 cm³/mol. The molecule has 0 radical (unpaired) electrons. The minimum absolute atomic E-state index is 0.912. The number of hydrogen-bond donors (Lipinski definition) is 4. The normalized spacial score (nSPS) is 21.9. The molecule has 0 aliphatic heterocycles. The van der Waals surface area contributed by atoms with Gasteiger partial charge in [-0.05, 0) is 89.9 Å². The highest BCUT2D eigenvalue weighted by Gasteiger charge is 2.29. The maximum absolute atomic E-state index is 3.62. The van der Waals surface area contributed by atoms with Crippen LogP contribution in [0.3, 0.4) is 0 Å². The average Bonchev–Trinajstić information content (AvgIpc) is 2.44. The Kier molecular flexibility index (Phi) is 11.2. The third-order valence-corrected chi connectivity index (χ3v) is 4.30. The van der Waals surface area contributed by atoms with Gasteiger partial charge in [-0.25, -0.2) is 0 Å². The quantitative estimate of drug-likeness (QED) is 0.362. The number of hydrogen-bond acceptors (Lipinski definition) is 4. The summed E-state index contributed by atoms with van der Waals surface area (Å²) in [5.74, 6) is 1.82. The van der Waals surface area contributed by atoms with Gasteiger partial charge in [0.05, 0.1) is 0 Å². The van der Waals surface area contributed by atoms with Gasteiger partial charge in [0, 0.05) is 0 Å². The molecule has 0 aromatic rings. The molecule has 1 aliphatic carbocycles. The zero-order valence-electron chi connectivity index (χ0n) is 13.6. The summed E-state index contributed by atoms with van der Waals surface area (Å²) in [5.41, 5.74) is 0. The van der Waals surface area contributed by atoms with E-state index in [0.29, 0.717) is 0 Å². The molecule has 0 aromatic heterocycles. The van der Waals surface area contributed by atoms with Gasteiger partial charge in [0.15, 0.2) is 0 Å². The largest absolute Gasteiger partial charge is 0.317 e. The molecule has 1 aliphatic rings. The molecule has 0 heterocycles. The lowest BCUT2D eigenvalue weighted by atomic mass is 9.73. The van der Waals surface area contributed by atoms with E-state index in [4.69, 9.17) is 0 Å². The zero-order valence-corrected chi connectivity index (χ0v) is 13.6. The fraction of sp³-hybridized carbons (Fsp3) is 1.00. The predicted octanol–water partition coefficient (Wildman–Crippen LogP) is 1.19. The van der Waals surface area contributed by atoms with Crippen LogP contribution in [0.2, 0.25) is 0 Å². The summed E-state index contributed by atoms with van der Waals surface area (Å²) in [7, 11) is 0. The zero-order chi connectivity index (χ0) is 14.5. The van der Waals surface area contributed by atoms with Gasteiger partial charge in [-0.15, -0.1) is 0 Å². The van der Waals surface area contributed by atoms with Crippen molar-refractivity contribution in [2.24, 2.45) is 11.8 Å². The highest BCUT2D eigenvalue weighted by molar-refractivity contribution is 4.83. The first-order valence-corrected chi connectivity index (χ1v) is 8.71. The SMILES string of the molecule is CCNCCCNC[C@@H]1CC[C@H]1CNCCCNCC. The van der Waals surface area contributed by atoms with Crippen molar-refractivity contribution in [2.45, 2.75) is 39.5 Å². The molecule has 20 heavy (non-hydrogen) atoms. The van der Waals surface area contributed by atoms with Crippen LogP contribution in [0.5, 0.6) is 0 Å². The van der Waals surface area contributed by atoms with E-state index >= 15 is 0 Å². The molecule has 4 nitrogen and oxygen atoms in total. The average molecular weight is 284 g/mol. The van der Waals surface area contributed by atoms with Gasteiger partial charge in [-0.1, -0.05) is 13.8 Å². The number of rotatable bonds is 14. The Labute approximate surface area is 125 Å². The van der Waals surface area contributed by atoms with E-state index in [1.807, 2.05) is 0 Å². The molecule has 0 saturated heterocycles. The monoisotopic (exact) mass is 284 g/mol. The topological polar surface area (TPSA) is 48.1 Å². The summed E-state index contributed by atoms with van der Waals surface area (Å²) in [5, 5.41) is 14.0. The van der Waals surface area contributed by atoms with E-state index in [2.05, 4.69) is 35.1 Å². The molecular formula is C16H36N4. The fourth-order valence-electron chi connectivity index (χ4n) is 2.78. The van der Waals surface area contributed by atoms with Crippen LogP contribution in [0.1, 0.15) is 39.5 Å². The molecular weight excluding hydrogens is 248 g/mol. The van der Waals surface area contributed by atoms with Gasteiger partial charge in [-0.3, -0.25) is 0 Å². The van der Waals surface area contributed by atoms with E-state index in [1.54, 1.807) is 0 Å². The second-order valence-electron chi connectivity index (χ2n) is 5.92. The summed E-state index contributed by atoms with van der Waals surface area (Å²) in [4.78, 5) is 0. The molecule has 0 amide bonds. The van der Waals surface area contributed by atoms with Crippen molar-refractivity contribution < 1.29 is 0 Å². The lowest BCUT2D eigenvalue weighted by Crippen LogP contribution is -2.41. The molecule has 2 atom stereocenters. The van der Waals surface area contributed by atoms with Gasteiger partial charge >= 0.3 is 0 Å². The van der Waals surface area contributed by atoms with Gasteiger partial charge in [0.25, 0.3) is 0 Å². The van der Waals surface area contributed by atoms with Crippen LogP contribution < -0.4 is 21.3 Å². The van der Waals surface area contributed by atoms with Crippen molar-refractivity contribution in [3.05, 3.63) is 0 Å². The van der Waals surface area contributed by atoms with Crippen LogP contribution in [0.4, 0.5) is 0 Å². The highest BCUT2D eigenvalue weighted by Crippen LogP contribution is 2.32. The molecule has 0 aromatic carbocycles. The minimum Gasteiger partial charge on any atom is -0.317 e. The third kappa shape index (κ3) is 8.20. The van der Waals surface area contributed by atoms with E-state index in [1.165, 1.54) is 38.8 Å². The second-order valence-corrected chi connectivity index (χ2v) is 5.92. The Bertz CT molecular complexity index is 189. The summed E-state index contributed by atoms with van der Waals surface area (Å²) in [6.45, 7) is 13.5. The second kappa shape index (κ2) is 12.6. The van der Waals surface area contributed by atoms with Crippen molar-refractivity contribution in [1.29, 1.82) is 0 Å². The van der Waals surface area contributed by atoms with Crippen molar-refractivity contribution in [2.75, 3.05) is 52.4 Å². The maximum atomic E-state index is 3.62. The van der Waals surface area contributed by atoms with Crippen LogP contribution in [0, 0.1) is 11.8 Å². The molecule has 1 fully saturated rings. The Morgan fingerprint density at radius 1 is 0.650 bits per heavy atom. The first kappa shape index (κ1) is 17.9. The first-order valence-electron chi connectivity index (χ1n) is 8.71. The summed E-state index contributed by atoms with van der Waals surface area (Å²) in [6, 6.07) is 0. The Balaban J connectivity index is 1.86. The summed E-state index contributed by atoms with van der Waals surface area (Å²) >= 11 is 0. The van der Waals surface area contributed by atoms with Crippen molar-refractivity contribution >= 4 is 0 Å². The smallest absolute Gasteiger partial charge is 0.00174 e. The lowest BCUT2D eigenvalue weighted by Gasteiger charge is -2.37. The van der Waals surface area contributed by atoms with Crippen molar-refractivity contribution in [3.8, 4) is 0 Å². The van der Waals surface area contributed by atoms with Crippen LogP contribution in [-0.4, -0.2) is 52.4 Å². The van der Waals surface area contributed by atoms with Crippen LogP contribution in [0.25, 0.3) is 0 Å². The molecule has 0 spiro atoms. The van der Waals surface area contributed by atoms with Crippen LogP contribution in [0.15, 0.2) is 0 Å². The van der Waals surface area contributed by atoms with E-state index in [9.17, 15) is 0 Å². The molecule has 1 rings (SSSR count). The van der Waals surface area contributed by atoms with Crippen LogP contribution in [-0.2, 0) is 0 Å². The standard InChI is InChI=1S/C16H36N4/c1-3-17-9-5-11-19-13-15-7-8-16(15)14-20-12-6-10-18-4-2/h15-20H,3-14H2,1-2H3/t15-,16-/m0/s1. The molecule has 1 saturated carbocycles. The molecule has 120 valence electrons.